The maximum atomic E-state index is 11.7. The first-order valence-electron chi connectivity index (χ1n) is 5.95. The van der Waals surface area contributed by atoms with E-state index in [0.29, 0.717) is 18.4 Å². The minimum absolute atomic E-state index is 0.213. The van der Waals surface area contributed by atoms with Gasteiger partial charge in [-0.15, -0.1) is 0 Å². The second kappa shape index (κ2) is 4.97. The van der Waals surface area contributed by atoms with Crippen LogP contribution in [-0.4, -0.2) is 18.1 Å². The molecule has 0 radical (unpaired) electrons. The van der Waals surface area contributed by atoms with Crippen LogP contribution in [0.5, 0.6) is 0 Å². The number of ether oxygens (including phenoxy) is 1. The topological polar surface area (TPSA) is 52.3 Å². The lowest BCUT2D eigenvalue weighted by atomic mass is 9.72. The Kier molecular flexibility index (Phi) is 4.14. The highest BCUT2D eigenvalue weighted by Gasteiger charge is 2.41. The van der Waals surface area contributed by atoms with Crippen LogP contribution in [0.1, 0.15) is 46.5 Å². The highest BCUT2D eigenvalue weighted by Crippen LogP contribution is 2.35. The zero-order valence-corrected chi connectivity index (χ0v) is 10.1. The SMILES string of the molecule is CCOC(=O)C1(N)CCCC(C(C)C)C1. The van der Waals surface area contributed by atoms with Crippen LogP contribution in [0.25, 0.3) is 0 Å². The molecule has 0 aromatic carbocycles. The van der Waals surface area contributed by atoms with Crippen LogP contribution in [0.4, 0.5) is 0 Å². The predicted molar refractivity (Wildman–Crippen MR) is 60.3 cm³/mol. The minimum Gasteiger partial charge on any atom is -0.465 e. The number of hydrogen-bond acceptors (Lipinski definition) is 3. The third-order valence-electron chi connectivity index (χ3n) is 3.45. The molecule has 3 nitrogen and oxygen atoms in total. The number of carbonyl (C=O) groups excluding carboxylic acids is 1. The van der Waals surface area contributed by atoms with Gasteiger partial charge in [0.05, 0.1) is 6.61 Å². The second-order valence-electron chi connectivity index (χ2n) is 4.98. The Bertz CT molecular complexity index is 228. The van der Waals surface area contributed by atoms with Crippen molar-refractivity contribution >= 4 is 5.97 Å². The van der Waals surface area contributed by atoms with Gasteiger partial charge in [0.25, 0.3) is 0 Å². The lowest BCUT2D eigenvalue weighted by molar-refractivity contribution is -0.151. The van der Waals surface area contributed by atoms with Gasteiger partial charge in [0.15, 0.2) is 0 Å². The maximum Gasteiger partial charge on any atom is 0.326 e. The Morgan fingerprint density at radius 2 is 2.27 bits per heavy atom. The first-order valence-corrected chi connectivity index (χ1v) is 5.95. The van der Waals surface area contributed by atoms with E-state index in [1.165, 1.54) is 6.42 Å². The lowest BCUT2D eigenvalue weighted by Crippen LogP contribution is -2.52. The zero-order valence-electron chi connectivity index (χ0n) is 10.1. The fraction of sp³-hybridized carbons (Fsp3) is 0.917. The molecule has 3 heteroatoms. The maximum absolute atomic E-state index is 11.7. The molecule has 0 saturated heterocycles. The van der Waals surface area contributed by atoms with E-state index >= 15 is 0 Å². The van der Waals surface area contributed by atoms with Crippen LogP contribution in [0.15, 0.2) is 0 Å². The Hall–Kier alpha value is -0.570. The number of carbonyl (C=O) groups is 1. The van der Waals surface area contributed by atoms with Crippen molar-refractivity contribution in [3.8, 4) is 0 Å². The quantitative estimate of drug-likeness (QED) is 0.730. The fourth-order valence-electron chi connectivity index (χ4n) is 2.38. The number of nitrogens with two attached hydrogens (primary N) is 1. The van der Waals surface area contributed by atoms with E-state index in [-0.39, 0.29) is 5.97 Å². The molecule has 15 heavy (non-hydrogen) atoms. The van der Waals surface area contributed by atoms with Crippen molar-refractivity contribution < 1.29 is 9.53 Å². The summed E-state index contributed by atoms with van der Waals surface area (Å²) in [5, 5.41) is 0. The van der Waals surface area contributed by atoms with Gasteiger partial charge < -0.3 is 10.5 Å². The molecule has 1 saturated carbocycles. The summed E-state index contributed by atoms with van der Waals surface area (Å²) >= 11 is 0. The molecule has 1 aliphatic carbocycles. The van der Waals surface area contributed by atoms with Crippen molar-refractivity contribution in [2.75, 3.05) is 6.61 Å². The molecule has 2 atom stereocenters. The van der Waals surface area contributed by atoms with Gasteiger partial charge in [-0.3, -0.25) is 4.79 Å². The summed E-state index contributed by atoms with van der Waals surface area (Å²) in [6.45, 7) is 6.64. The van der Waals surface area contributed by atoms with Gasteiger partial charge in [-0.25, -0.2) is 0 Å². The number of rotatable bonds is 3. The molecule has 0 heterocycles. The molecule has 1 aliphatic rings. The molecule has 0 bridgehead atoms. The molecule has 1 rings (SSSR count). The van der Waals surface area contributed by atoms with Crippen molar-refractivity contribution in [2.45, 2.75) is 52.0 Å². The first kappa shape index (κ1) is 12.5. The van der Waals surface area contributed by atoms with Crippen molar-refractivity contribution in [2.24, 2.45) is 17.6 Å². The summed E-state index contributed by atoms with van der Waals surface area (Å²) in [5.41, 5.74) is 5.42. The molecular weight excluding hydrogens is 190 g/mol. The summed E-state index contributed by atoms with van der Waals surface area (Å²) in [7, 11) is 0. The van der Waals surface area contributed by atoms with Crippen molar-refractivity contribution in [1.82, 2.24) is 0 Å². The van der Waals surface area contributed by atoms with Gasteiger partial charge in [0.1, 0.15) is 5.54 Å². The average molecular weight is 213 g/mol. The smallest absolute Gasteiger partial charge is 0.326 e. The molecule has 2 unspecified atom stereocenters. The Balaban J connectivity index is 2.63. The average Bonchev–Trinajstić information content (AvgIpc) is 2.18. The van der Waals surface area contributed by atoms with E-state index in [0.717, 1.165) is 19.3 Å². The number of esters is 1. The molecule has 0 spiro atoms. The second-order valence-corrected chi connectivity index (χ2v) is 4.98. The van der Waals surface area contributed by atoms with Crippen molar-refractivity contribution in [3.63, 3.8) is 0 Å². The van der Waals surface area contributed by atoms with Gasteiger partial charge >= 0.3 is 5.97 Å². The van der Waals surface area contributed by atoms with Crippen molar-refractivity contribution in [3.05, 3.63) is 0 Å². The van der Waals surface area contributed by atoms with E-state index in [2.05, 4.69) is 13.8 Å². The molecule has 0 amide bonds. The van der Waals surface area contributed by atoms with Crippen molar-refractivity contribution in [1.29, 1.82) is 0 Å². The summed E-state index contributed by atoms with van der Waals surface area (Å²) in [4.78, 5) is 11.7. The minimum atomic E-state index is -0.719. The summed E-state index contributed by atoms with van der Waals surface area (Å²) in [6.07, 6.45) is 3.78. The summed E-state index contributed by atoms with van der Waals surface area (Å²) in [5.74, 6) is 0.950. The highest BCUT2D eigenvalue weighted by atomic mass is 16.5. The predicted octanol–water partition coefficient (Wildman–Crippen LogP) is 2.09. The van der Waals surface area contributed by atoms with Gasteiger partial charge in [-0.2, -0.15) is 0 Å². The van der Waals surface area contributed by atoms with Gasteiger partial charge in [0.2, 0.25) is 0 Å². The van der Waals surface area contributed by atoms with Crippen LogP contribution in [0, 0.1) is 11.8 Å². The van der Waals surface area contributed by atoms with Gasteiger partial charge in [-0.05, 0) is 31.6 Å². The summed E-state index contributed by atoms with van der Waals surface area (Å²) in [6, 6.07) is 0. The fourth-order valence-corrected chi connectivity index (χ4v) is 2.38. The van der Waals surface area contributed by atoms with Crippen LogP contribution < -0.4 is 5.73 Å². The number of hydrogen-bond donors (Lipinski definition) is 1. The zero-order chi connectivity index (χ0) is 11.5. The molecule has 0 aliphatic heterocycles. The molecule has 2 N–H and O–H groups in total. The van der Waals surface area contributed by atoms with E-state index in [1.54, 1.807) is 0 Å². The first-order chi connectivity index (χ1) is 6.99. The molecule has 88 valence electrons. The van der Waals surface area contributed by atoms with Gasteiger partial charge in [-0.1, -0.05) is 26.7 Å². The molecule has 0 aromatic heterocycles. The van der Waals surface area contributed by atoms with E-state index in [4.69, 9.17) is 10.5 Å². The lowest BCUT2D eigenvalue weighted by Gasteiger charge is -2.37. The molecule has 1 fully saturated rings. The van der Waals surface area contributed by atoms with Crippen LogP contribution >= 0.6 is 0 Å². The van der Waals surface area contributed by atoms with E-state index < -0.39 is 5.54 Å². The van der Waals surface area contributed by atoms with E-state index in [9.17, 15) is 4.79 Å². The molecule has 0 aromatic rings. The van der Waals surface area contributed by atoms with E-state index in [1.807, 2.05) is 6.92 Å². The largest absolute Gasteiger partial charge is 0.465 e. The van der Waals surface area contributed by atoms with Crippen LogP contribution in [-0.2, 0) is 9.53 Å². The molecular formula is C12H23NO2. The Morgan fingerprint density at radius 3 is 2.80 bits per heavy atom. The standard InChI is InChI=1S/C12H23NO2/c1-4-15-11(14)12(13)7-5-6-10(8-12)9(2)3/h9-10H,4-8,13H2,1-3H3. The van der Waals surface area contributed by atoms with Crippen LogP contribution in [0.2, 0.25) is 0 Å². The highest BCUT2D eigenvalue weighted by molar-refractivity contribution is 5.80. The van der Waals surface area contributed by atoms with Crippen LogP contribution in [0.3, 0.4) is 0 Å². The van der Waals surface area contributed by atoms with Gasteiger partial charge in [0, 0.05) is 0 Å². The Morgan fingerprint density at radius 1 is 1.60 bits per heavy atom. The Labute approximate surface area is 92.4 Å². The third-order valence-corrected chi connectivity index (χ3v) is 3.45. The normalized spacial score (nSPS) is 31.7. The summed E-state index contributed by atoms with van der Waals surface area (Å²) < 4.78 is 5.05. The monoisotopic (exact) mass is 213 g/mol. The third kappa shape index (κ3) is 2.94.